The third-order valence-electron chi connectivity index (χ3n) is 2.64. The molecule has 100 valence electrons. The average molecular weight is 264 g/mol. The molecule has 0 fully saturated rings. The fourth-order valence-corrected chi connectivity index (χ4v) is 1.68. The molecular formula is C13H14F2N4. The fraction of sp³-hybridized carbons (Fsp3) is 0.231. The van der Waals surface area contributed by atoms with E-state index in [0.717, 1.165) is 18.2 Å². The van der Waals surface area contributed by atoms with Crippen LogP contribution in [0.25, 0.3) is 0 Å². The van der Waals surface area contributed by atoms with Crippen molar-refractivity contribution in [2.24, 2.45) is 0 Å². The first-order valence-electron chi connectivity index (χ1n) is 5.77. The normalized spacial score (nSPS) is 10.5. The van der Waals surface area contributed by atoms with Gasteiger partial charge in [0.1, 0.15) is 23.3 Å². The molecule has 0 bridgehead atoms. The second-order valence-electron chi connectivity index (χ2n) is 4.02. The molecule has 0 atom stereocenters. The minimum Gasteiger partial charge on any atom is -0.327 e. The zero-order valence-electron chi connectivity index (χ0n) is 10.7. The summed E-state index contributed by atoms with van der Waals surface area (Å²) in [4.78, 5) is 9.84. The maximum absolute atomic E-state index is 13.7. The number of nitrogens with zero attached hydrogens (tertiary/aromatic N) is 3. The molecule has 0 saturated heterocycles. The van der Waals surface area contributed by atoms with Crippen LogP contribution < -0.4 is 10.2 Å². The number of anilines is 2. The molecule has 0 spiro atoms. The first-order valence-corrected chi connectivity index (χ1v) is 5.77. The van der Waals surface area contributed by atoms with Crippen LogP contribution in [-0.2, 0) is 6.54 Å². The molecule has 19 heavy (non-hydrogen) atoms. The van der Waals surface area contributed by atoms with Gasteiger partial charge in [0.05, 0.1) is 12.2 Å². The van der Waals surface area contributed by atoms with Crippen LogP contribution in [-0.4, -0.2) is 24.1 Å². The van der Waals surface area contributed by atoms with Crippen molar-refractivity contribution in [3.05, 3.63) is 47.9 Å². The van der Waals surface area contributed by atoms with Crippen LogP contribution in [0.3, 0.4) is 0 Å². The summed E-state index contributed by atoms with van der Waals surface area (Å²) in [7, 11) is 3.41. The maximum atomic E-state index is 13.7. The molecule has 1 aromatic carbocycles. The highest BCUT2D eigenvalue weighted by molar-refractivity contribution is 5.59. The van der Waals surface area contributed by atoms with Crippen molar-refractivity contribution in [1.82, 2.24) is 15.3 Å². The van der Waals surface area contributed by atoms with Crippen molar-refractivity contribution in [3.8, 4) is 0 Å². The highest BCUT2D eigenvalue weighted by Gasteiger charge is 2.12. The third-order valence-corrected chi connectivity index (χ3v) is 2.64. The van der Waals surface area contributed by atoms with Crippen LogP contribution in [0, 0.1) is 11.6 Å². The standard InChI is InChI=1S/C13H14F2N4/c1-16-8-12-17-6-5-13(18-12)19(2)11-7-9(14)3-4-10(11)15/h3-7,16H,8H2,1-2H3. The molecule has 2 rings (SSSR count). The lowest BCUT2D eigenvalue weighted by Crippen LogP contribution is -2.16. The molecule has 2 aromatic rings. The SMILES string of the molecule is CNCc1nccc(N(C)c2cc(F)ccc2F)n1. The maximum Gasteiger partial charge on any atom is 0.147 e. The number of hydrogen-bond donors (Lipinski definition) is 1. The van der Waals surface area contributed by atoms with Crippen molar-refractivity contribution in [2.45, 2.75) is 6.54 Å². The van der Waals surface area contributed by atoms with Gasteiger partial charge in [-0.2, -0.15) is 0 Å². The van der Waals surface area contributed by atoms with Gasteiger partial charge in [0.25, 0.3) is 0 Å². The Morgan fingerprint density at radius 2 is 2.05 bits per heavy atom. The van der Waals surface area contributed by atoms with Gasteiger partial charge in [-0.05, 0) is 25.2 Å². The average Bonchev–Trinajstić information content (AvgIpc) is 2.41. The monoisotopic (exact) mass is 264 g/mol. The van der Waals surface area contributed by atoms with Gasteiger partial charge in [-0.25, -0.2) is 18.7 Å². The van der Waals surface area contributed by atoms with E-state index in [1.54, 1.807) is 26.4 Å². The Bertz CT molecular complexity index is 574. The Morgan fingerprint density at radius 1 is 1.26 bits per heavy atom. The molecule has 4 nitrogen and oxygen atoms in total. The van der Waals surface area contributed by atoms with E-state index < -0.39 is 11.6 Å². The Hall–Kier alpha value is -2.08. The van der Waals surface area contributed by atoms with E-state index >= 15 is 0 Å². The van der Waals surface area contributed by atoms with Gasteiger partial charge < -0.3 is 10.2 Å². The number of rotatable bonds is 4. The van der Waals surface area contributed by atoms with Gasteiger partial charge in [-0.15, -0.1) is 0 Å². The minimum atomic E-state index is -0.502. The smallest absolute Gasteiger partial charge is 0.147 e. The van der Waals surface area contributed by atoms with Crippen molar-refractivity contribution < 1.29 is 8.78 Å². The summed E-state index contributed by atoms with van der Waals surface area (Å²) in [5, 5.41) is 2.93. The largest absolute Gasteiger partial charge is 0.327 e. The summed E-state index contributed by atoms with van der Waals surface area (Å²) < 4.78 is 26.9. The number of aromatic nitrogens is 2. The topological polar surface area (TPSA) is 41.1 Å². The van der Waals surface area contributed by atoms with Crippen LogP contribution in [0.1, 0.15) is 5.82 Å². The molecule has 1 aromatic heterocycles. The summed E-state index contributed by atoms with van der Waals surface area (Å²) in [6.07, 6.45) is 1.59. The zero-order valence-corrected chi connectivity index (χ0v) is 10.7. The number of benzene rings is 1. The second kappa shape index (κ2) is 5.71. The summed E-state index contributed by atoms with van der Waals surface area (Å²) in [5.41, 5.74) is 0.133. The van der Waals surface area contributed by atoms with Gasteiger partial charge in [-0.1, -0.05) is 0 Å². The van der Waals surface area contributed by atoms with Crippen LogP contribution >= 0.6 is 0 Å². The second-order valence-corrected chi connectivity index (χ2v) is 4.02. The number of halogens is 2. The van der Waals surface area contributed by atoms with E-state index in [9.17, 15) is 8.78 Å². The molecule has 0 saturated carbocycles. The molecule has 0 aliphatic carbocycles. The summed E-state index contributed by atoms with van der Waals surface area (Å²) in [5.74, 6) is 0.0962. The van der Waals surface area contributed by atoms with Crippen LogP contribution in [0.4, 0.5) is 20.3 Å². The van der Waals surface area contributed by atoms with Crippen molar-refractivity contribution >= 4 is 11.5 Å². The van der Waals surface area contributed by atoms with Gasteiger partial charge in [-0.3, -0.25) is 0 Å². The Balaban J connectivity index is 2.35. The number of hydrogen-bond acceptors (Lipinski definition) is 4. The van der Waals surface area contributed by atoms with Crippen molar-refractivity contribution in [1.29, 1.82) is 0 Å². The third kappa shape index (κ3) is 3.03. The number of nitrogens with one attached hydrogen (secondary N) is 1. The lowest BCUT2D eigenvalue weighted by atomic mass is 10.2. The van der Waals surface area contributed by atoms with E-state index in [2.05, 4.69) is 15.3 Å². The molecule has 1 N–H and O–H groups in total. The Kier molecular flexibility index (Phi) is 4.01. The van der Waals surface area contributed by atoms with Gasteiger partial charge >= 0.3 is 0 Å². The quantitative estimate of drug-likeness (QED) is 0.919. The van der Waals surface area contributed by atoms with E-state index in [1.165, 1.54) is 4.90 Å². The molecule has 0 radical (unpaired) electrons. The highest BCUT2D eigenvalue weighted by atomic mass is 19.1. The summed E-state index contributed by atoms with van der Waals surface area (Å²) in [6, 6.07) is 4.95. The summed E-state index contributed by atoms with van der Waals surface area (Å²) in [6.45, 7) is 0.507. The molecule has 0 aliphatic rings. The van der Waals surface area contributed by atoms with E-state index in [-0.39, 0.29) is 5.69 Å². The molecule has 0 amide bonds. The van der Waals surface area contributed by atoms with Crippen molar-refractivity contribution in [3.63, 3.8) is 0 Å². The van der Waals surface area contributed by atoms with Gasteiger partial charge in [0.2, 0.25) is 0 Å². The van der Waals surface area contributed by atoms with Gasteiger partial charge in [0.15, 0.2) is 0 Å². The zero-order chi connectivity index (χ0) is 13.8. The Morgan fingerprint density at radius 3 is 2.79 bits per heavy atom. The van der Waals surface area contributed by atoms with Crippen molar-refractivity contribution in [2.75, 3.05) is 19.0 Å². The van der Waals surface area contributed by atoms with E-state index in [0.29, 0.717) is 18.2 Å². The molecule has 6 heteroatoms. The highest BCUT2D eigenvalue weighted by Crippen LogP contribution is 2.25. The first-order chi connectivity index (χ1) is 9.11. The van der Waals surface area contributed by atoms with E-state index in [1.807, 2.05) is 0 Å². The molecule has 0 unspecified atom stereocenters. The van der Waals surface area contributed by atoms with E-state index in [4.69, 9.17) is 0 Å². The minimum absolute atomic E-state index is 0.133. The summed E-state index contributed by atoms with van der Waals surface area (Å²) >= 11 is 0. The predicted octanol–water partition coefficient (Wildman–Crippen LogP) is 2.24. The Labute approximate surface area is 110 Å². The first kappa shape index (κ1) is 13.4. The predicted molar refractivity (Wildman–Crippen MR) is 69.2 cm³/mol. The lowest BCUT2D eigenvalue weighted by Gasteiger charge is -2.19. The van der Waals surface area contributed by atoms with Gasteiger partial charge in [0, 0.05) is 19.3 Å². The molecular weight excluding hydrogens is 250 g/mol. The molecule has 1 heterocycles. The fourth-order valence-electron chi connectivity index (χ4n) is 1.68. The van der Waals surface area contributed by atoms with Crippen LogP contribution in [0.5, 0.6) is 0 Å². The molecule has 0 aliphatic heterocycles. The lowest BCUT2D eigenvalue weighted by molar-refractivity contribution is 0.600. The van der Waals surface area contributed by atoms with Crippen LogP contribution in [0.15, 0.2) is 30.5 Å². The van der Waals surface area contributed by atoms with Crippen LogP contribution in [0.2, 0.25) is 0 Å².